The van der Waals surface area contributed by atoms with Crippen molar-refractivity contribution >= 4 is 5.82 Å². The van der Waals surface area contributed by atoms with E-state index in [2.05, 4.69) is 16.3 Å². The van der Waals surface area contributed by atoms with Crippen molar-refractivity contribution in [3.63, 3.8) is 0 Å². The molecule has 16 heavy (non-hydrogen) atoms. The first-order chi connectivity index (χ1) is 7.79. The molecule has 0 amide bonds. The number of unbranched alkanes of at least 4 members (excludes halogenated alkanes) is 2. The summed E-state index contributed by atoms with van der Waals surface area (Å²) in [6.45, 7) is 1.05. The van der Waals surface area contributed by atoms with Gasteiger partial charge in [-0.05, 0) is 25.3 Å². The summed E-state index contributed by atoms with van der Waals surface area (Å²) >= 11 is 0. The first-order valence-electron chi connectivity index (χ1n) is 5.33. The zero-order valence-electron chi connectivity index (χ0n) is 9.43. The Kier molecular flexibility index (Phi) is 5.23. The molecule has 1 N–H and O–H groups in total. The molecule has 1 aromatic heterocycles. The molecule has 86 valence electrons. The van der Waals surface area contributed by atoms with Crippen LogP contribution in [0.15, 0.2) is 12.3 Å². The average Bonchev–Trinajstić information content (AvgIpc) is 2.34. The second-order valence-corrected chi connectivity index (χ2v) is 3.59. The zero-order valence-corrected chi connectivity index (χ0v) is 9.43. The number of aliphatic hydroxyl groups excluding tert-OH is 1. The number of nitrogens with zero attached hydrogens (tertiary/aromatic N) is 4. The summed E-state index contributed by atoms with van der Waals surface area (Å²) in [7, 11) is 1.89. The van der Waals surface area contributed by atoms with E-state index in [0.29, 0.717) is 11.4 Å². The second kappa shape index (κ2) is 6.75. The Morgan fingerprint density at radius 1 is 1.44 bits per heavy atom. The minimum atomic E-state index is 0.234. The van der Waals surface area contributed by atoms with Crippen LogP contribution in [0.5, 0.6) is 0 Å². The van der Waals surface area contributed by atoms with Gasteiger partial charge in [-0.25, -0.2) is 0 Å². The van der Waals surface area contributed by atoms with Crippen LogP contribution in [0.25, 0.3) is 0 Å². The van der Waals surface area contributed by atoms with Gasteiger partial charge in [-0.15, -0.1) is 5.10 Å². The Balaban J connectivity index is 2.52. The monoisotopic (exact) mass is 220 g/mol. The fraction of sp³-hybridized carbons (Fsp3) is 0.545. The number of hydrogen-bond acceptors (Lipinski definition) is 5. The second-order valence-electron chi connectivity index (χ2n) is 3.59. The topological polar surface area (TPSA) is 73.0 Å². The Labute approximate surface area is 95.3 Å². The van der Waals surface area contributed by atoms with Crippen molar-refractivity contribution in [2.24, 2.45) is 0 Å². The van der Waals surface area contributed by atoms with Gasteiger partial charge in [0, 0.05) is 20.2 Å². The predicted octanol–water partition coefficient (Wildman–Crippen LogP) is 0.947. The molecule has 0 fully saturated rings. The molecule has 0 aliphatic carbocycles. The van der Waals surface area contributed by atoms with Crippen molar-refractivity contribution in [3.8, 4) is 6.07 Å². The number of rotatable bonds is 6. The molecule has 0 radical (unpaired) electrons. The molecule has 0 aromatic carbocycles. The highest BCUT2D eigenvalue weighted by molar-refractivity contribution is 5.51. The lowest BCUT2D eigenvalue weighted by Crippen LogP contribution is -2.21. The molecule has 0 unspecified atom stereocenters. The Morgan fingerprint density at radius 3 is 2.94 bits per heavy atom. The lowest BCUT2D eigenvalue weighted by molar-refractivity contribution is 0.283. The van der Waals surface area contributed by atoms with E-state index < -0.39 is 0 Å². The Hall–Kier alpha value is -1.67. The van der Waals surface area contributed by atoms with E-state index in [1.165, 1.54) is 6.20 Å². The smallest absolute Gasteiger partial charge is 0.168 e. The molecule has 1 rings (SSSR count). The van der Waals surface area contributed by atoms with E-state index in [-0.39, 0.29) is 6.61 Å². The minimum absolute atomic E-state index is 0.234. The molecule has 1 aromatic rings. The van der Waals surface area contributed by atoms with Crippen molar-refractivity contribution in [2.75, 3.05) is 25.1 Å². The highest BCUT2D eigenvalue weighted by Gasteiger charge is 2.08. The minimum Gasteiger partial charge on any atom is -0.396 e. The molecule has 0 bridgehead atoms. The maximum absolute atomic E-state index is 8.90. The van der Waals surface area contributed by atoms with Crippen LogP contribution in [0.3, 0.4) is 0 Å². The van der Waals surface area contributed by atoms with Crippen LogP contribution in [0.2, 0.25) is 0 Å². The molecule has 5 nitrogen and oxygen atoms in total. The molecule has 0 atom stereocenters. The normalized spacial score (nSPS) is 9.81. The van der Waals surface area contributed by atoms with Gasteiger partial charge in [0.15, 0.2) is 5.82 Å². The van der Waals surface area contributed by atoms with Crippen LogP contribution in [-0.2, 0) is 0 Å². The highest BCUT2D eigenvalue weighted by Crippen LogP contribution is 2.13. The average molecular weight is 220 g/mol. The third-order valence-corrected chi connectivity index (χ3v) is 2.33. The van der Waals surface area contributed by atoms with E-state index in [1.807, 2.05) is 11.9 Å². The summed E-state index contributed by atoms with van der Waals surface area (Å²) in [5.74, 6) is 0.619. The van der Waals surface area contributed by atoms with Gasteiger partial charge in [0.2, 0.25) is 0 Å². The van der Waals surface area contributed by atoms with Crippen LogP contribution < -0.4 is 4.90 Å². The van der Waals surface area contributed by atoms with Crippen molar-refractivity contribution < 1.29 is 5.11 Å². The number of nitriles is 1. The molecule has 0 spiro atoms. The van der Waals surface area contributed by atoms with Crippen molar-refractivity contribution in [1.82, 2.24) is 10.2 Å². The number of hydrogen-bond donors (Lipinski definition) is 1. The van der Waals surface area contributed by atoms with Crippen molar-refractivity contribution in [3.05, 3.63) is 17.8 Å². The molecular weight excluding hydrogens is 204 g/mol. The summed E-state index contributed by atoms with van der Waals surface area (Å²) in [6, 6.07) is 3.75. The standard InChI is InChI=1S/C11H16N4O/c1-15(7-3-2-4-8-16)11-10(9-12)5-6-13-14-11/h5-6,16H,2-4,7-8H2,1H3. The van der Waals surface area contributed by atoms with Crippen LogP contribution in [-0.4, -0.2) is 35.5 Å². The first kappa shape index (κ1) is 12.4. The van der Waals surface area contributed by atoms with Gasteiger partial charge in [-0.1, -0.05) is 0 Å². The quantitative estimate of drug-likeness (QED) is 0.722. The predicted molar refractivity (Wildman–Crippen MR) is 61.0 cm³/mol. The highest BCUT2D eigenvalue weighted by atomic mass is 16.2. The van der Waals surface area contributed by atoms with E-state index in [1.54, 1.807) is 6.07 Å². The SMILES string of the molecule is CN(CCCCCO)c1nnccc1C#N. The van der Waals surface area contributed by atoms with Crippen LogP contribution in [0, 0.1) is 11.3 Å². The van der Waals surface area contributed by atoms with Gasteiger partial charge >= 0.3 is 0 Å². The van der Waals surface area contributed by atoms with Crippen LogP contribution in [0.1, 0.15) is 24.8 Å². The van der Waals surface area contributed by atoms with Crippen molar-refractivity contribution in [2.45, 2.75) is 19.3 Å². The lowest BCUT2D eigenvalue weighted by atomic mass is 10.2. The maximum Gasteiger partial charge on any atom is 0.168 e. The molecule has 0 saturated carbocycles. The first-order valence-corrected chi connectivity index (χ1v) is 5.33. The number of aliphatic hydroxyl groups is 1. The summed E-state index contributed by atoms with van der Waals surface area (Å²) in [4.78, 5) is 1.92. The van der Waals surface area contributed by atoms with E-state index in [9.17, 15) is 0 Å². The van der Waals surface area contributed by atoms with Gasteiger partial charge in [0.25, 0.3) is 0 Å². The zero-order chi connectivity index (χ0) is 11.8. The maximum atomic E-state index is 8.90. The molecular formula is C11H16N4O. The Bertz CT molecular complexity index is 361. The van der Waals surface area contributed by atoms with Gasteiger partial charge < -0.3 is 10.0 Å². The fourth-order valence-electron chi connectivity index (χ4n) is 1.44. The van der Waals surface area contributed by atoms with Crippen LogP contribution >= 0.6 is 0 Å². The number of anilines is 1. The van der Waals surface area contributed by atoms with E-state index in [4.69, 9.17) is 10.4 Å². The largest absolute Gasteiger partial charge is 0.396 e. The molecule has 0 aliphatic heterocycles. The molecule has 0 saturated heterocycles. The molecule has 0 aliphatic rings. The van der Waals surface area contributed by atoms with Crippen molar-refractivity contribution in [1.29, 1.82) is 5.26 Å². The summed E-state index contributed by atoms with van der Waals surface area (Å²) in [5, 5.41) is 25.3. The third kappa shape index (κ3) is 3.48. The van der Waals surface area contributed by atoms with Gasteiger partial charge in [0.1, 0.15) is 6.07 Å². The summed E-state index contributed by atoms with van der Waals surface area (Å²) < 4.78 is 0. The lowest BCUT2D eigenvalue weighted by Gasteiger charge is -2.17. The molecule has 1 heterocycles. The van der Waals surface area contributed by atoms with Crippen LogP contribution in [0.4, 0.5) is 5.82 Å². The fourth-order valence-corrected chi connectivity index (χ4v) is 1.44. The van der Waals surface area contributed by atoms with E-state index >= 15 is 0 Å². The van der Waals surface area contributed by atoms with Gasteiger partial charge in [-0.2, -0.15) is 10.4 Å². The number of aromatic nitrogens is 2. The Morgan fingerprint density at radius 2 is 2.25 bits per heavy atom. The molecule has 5 heteroatoms. The third-order valence-electron chi connectivity index (χ3n) is 2.33. The summed E-state index contributed by atoms with van der Waals surface area (Å²) in [5.41, 5.74) is 0.541. The van der Waals surface area contributed by atoms with E-state index in [0.717, 1.165) is 25.8 Å². The summed E-state index contributed by atoms with van der Waals surface area (Å²) in [6.07, 6.45) is 4.28. The van der Waals surface area contributed by atoms with Gasteiger partial charge in [-0.3, -0.25) is 0 Å². The van der Waals surface area contributed by atoms with Gasteiger partial charge in [0.05, 0.1) is 11.8 Å².